The Kier molecular flexibility index (Phi) is 7.07. The molecule has 0 heterocycles. The number of ether oxygens (including phenoxy) is 1. The van der Waals surface area contributed by atoms with Gasteiger partial charge in [-0.1, -0.05) is 49.4 Å². The van der Waals surface area contributed by atoms with E-state index in [2.05, 4.69) is 13.0 Å². The second-order valence-corrected chi connectivity index (χ2v) is 5.76. The standard InChI is InChI=1S/C21H24N2O/c1-2-20(23)8-5-15-24-21-13-10-17(11-14-21)9-12-18-6-3-4-7-19(18)16-22/h3-4,6-7,9-14,20H,2,5,8,15,23H2,1H3. The molecule has 0 bridgehead atoms. The highest BCUT2D eigenvalue weighted by atomic mass is 16.5. The molecule has 0 aliphatic rings. The Morgan fingerprint density at radius 2 is 1.88 bits per heavy atom. The quantitative estimate of drug-likeness (QED) is 0.570. The zero-order valence-electron chi connectivity index (χ0n) is 14.1. The topological polar surface area (TPSA) is 59.0 Å². The van der Waals surface area contributed by atoms with Gasteiger partial charge in [-0.2, -0.15) is 5.26 Å². The summed E-state index contributed by atoms with van der Waals surface area (Å²) < 4.78 is 5.73. The van der Waals surface area contributed by atoms with Crippen molar-refractivity contribution in [3.8, 4) is 11.8 Å². The highest BCUT2D eigenvalue weighted by molar-refractivity contribution is 5.72. The van der Waals surface area contributed by atoms with E-state index in [1.54, 1.807) is 0 Å². The van der Waals surface area contributed by atoms with Crippen molar-refractivity contribution < 1.29 is 4.74 Å². The van der Waals surface area contributed by atoms with Crippen molar-refractivity contribution in [2.24, 2.45) is 5.73 Å². The molecule has 0 saturated carbocycles. The Balaban J connectivity index is 1.88. The van der Waals surface area contributed by atoms with Crippen molar-refractivity contribution in [2.45, 2.75) is 32.2 Å². The summed E-state index contributed by atoms with van der Waals surface area (Å²) in [5.41, 5.74) is 8.57. The molecule has 3 nitrogen and oxygen atoms in total. The van der Waals surface area contributed by atoms with E-state index in [4.69, 9.17) is 15.7 Å². The van der Waals surface area contributed by atoms with Gasteiger partial charge in [0, 0.05) is 6.04 Å². The Morgan fingerprint density at radius 3 is 2.58 bits per heavy atom. The zero-order valence-corrected chi connectivity index (χ0v) is 14.1. The summed E-state index contributed by atoms with van der Waals surface area (Å²) >= 11 is 0. The molecule has 124 valence electrons. The van der Waals surface area contributed by atoms with E-state index in [-0.39, 0.29) is 6.04 Å². The minimum absolute atomic E-state index is 0.275. The average molecular weight is 320 g/mol. The van der Waals surface area contributed by atoms with Gasteiger partial charge in [0.1, 0.15) is 5.75 Å². The number of nitrogens with zero attached hydrogens (tertiary/aromatic N) is 1. The first-order chi connectivity index (χ1) is 11.7. The SMILES string of the molecule is CCC(N)CCCOc1ccc(C=Cc2ccccc2C#N)cc1. The third kappa shape index (κ3) is 5.57. The number of benzene rings is 2. The van der Waals surface area contributed by atoms with E-state index in [9.17, 15) is 0 Å². The largest absolute Gasteiger partial charge is 0.494 e. The van der Waals surface area contributed by atoms with Gasteiger partial charge in [0.15, 0.2) is 0 Å². The monoisotopic (exact) mass is 320 g/mol. The van der Waals surface area contributed by atoms with Crippen LogP contribution in [0.2, 0.25) is 0 Å². The van der Waals surface area contributed by atoms with E-state index in [0.29, 0.717) is 12.2 Å². The van der Waals surface area contributed by atoms with Crippen molar-refractivity contribution in [1.29, 1.82) is 5.26 Å². The molecule has 1 unspecified atom stereocenters. The van der Waals surface area contributed by atoms with Gasteiger partial charge in [0.2, 0.25) is 0 Å². The number of rotatable bonds is 8. The molecule has 0 aliphatic heterocycles. The smallest absolute Gasteiger partial charge is 0.119 e. The summed E-state index contributed by atoms with van der Waals surface area (Å²) in [5.74, 6) is 0.870. The highest BCUT2D eigenvalue weighted by Gasteiger charge is 2.00. The van der Waals surface area contributed by atoms with Gasteiger partial charge in [-0.05, 0) is 48.6 Å². The lowest BCUT2D eigenvalue weighted by molar-refractivity contribution is 0.300. The van der Waals surface area contributed by atoms with Gasteiger partial charge in [-0.3, -0.25) is 0 Å². The number of hydrogen-bond acceptors (Lipinski definition) is 3. The lowest BCUT2D eigenvalue weighted by Crippen LogP contribution is -2.19. The summed E-state index contributed by atoms with van der Waals surface area (Å²) in [6, 6.07) is 18.0. The molecule has 2 rings (SSSR count). The third-order valence-corrected chi connectivity index (χ3v) is 3.93. The van der Waals surface area contributed by atoms with Gasteiger partial charge >= 0.3 is 0 Å². The molecule has 0 saturated heterocycles. The molecule has 0 aromatic heterocycles. The van der Waals surface area contributed by atoms with Gasteiger partial charge in [0.05, 0.1) is 18.2 Å². The Bertz CT molecular complexity index is 699. The Morgan fingerprint density at radius 1 is 1.12 bits per heavy atom. The van der Waals surface area contributed by atoms with Crippen LogP contribution in [0.3, 0.4) is 0 Å². The second-order valence-electron chi connectivity index (χ2n) is 5.76. The molecule has 1 atom stereocenters. The molecule has 0 spiro atoms. The normalized spacial score (nSPS) is 12.0. The summed E-state index contributed by atoms with van der Waals surface area (Å²) in [6.07, 6.45) is 6.94. The minimum Gasteiger partial charge on any atom is -0.494 e. The van der Waals surface area contributed by atoms with Crippen LogP contribution in [0.4, 0.5) is 0 Å². The maximum absolute atomic E-state index is 9.10. The van der Waals surface area contributed by atoms with Gasteiger partial charge in [0.25, 0.3) is 0 Å². The fourth-order valence-corrected chi connectivity index (χ4v) is 2.34. The predicted octanol–water partition coefficient (Wildman–Crippen LogP) is 4.62. The molecule has 0 aliphatic carbocycles. The average Bonchev–Trinajstić information content (AvgIpc) is 2.64. The first-order valence-corrected chi connectivity index (χ1v) is 8.38. The van der Waals surface area contributed by atoms with E-state index < -0.39 is 0 Å². The molecular formula is C21H24N2O. The van der Waals surface area contributed by atoms with Crippen LogP contribution in [0.25, 0.3) is 12.2 Å². The minimum atomic E-state index is 0.275. The van der Waals surface area contributed by atoms with E-state index in [1.807, 2.05) is 60.7 Å². The first-order valence-electron chi connectivity index (χ1n) is 8.38. The van der Waals surface area contributed by atoms with Crippen LogP contribution in [0.15, 0.2) is 48.5 Å². The van der Waals surface area contributed by atoms with Crippen molar-refractivity contribution in [3.63, 3.8) is 0 Å². The number of nitrogens with two attached hydrogens (primary N) is 1. The van der Waals surface area contributed by atoms with Crippen LogP contribution in [-0.2, 0) is 0 Å². The van der Waals surface area contributed by atoms with Crippen LogP contribution >= 0.6 is 0 Å². The van der Waals surface area contributed by atoms with Crippen LogP contribution in [-0.4, -0.2) is 12.6 Å². The van der Waals surface area contributed by atoms with Crippen LogP contribution in [0, 0.1) is 11.3 Å². The molecule has 0 radical (unpaired) electrons. The van der Waals surface area contributed by atoms with Crippen molar-refractivity contribution in [2.75, 3.05) is 6.61 Å². The first kappa shape index (κ1) is 17.8. The Hall–Kier alpha value is -2.57. The molecule has 0 amide bonds. The zero-order chi connectivity index (χ0) is 17.2. The number of nitriles is 1. The lowest BCUT2D eigenvalue weighted by Gasteiger charge is -2.09. The molecule has 3 heteroatoms. The van der Waals surface area contributed by atoms with Crippen LogP contribution in [0.5, 0.6) is 5.75 Å². The summed E-state index contributed by atoms with van der Waals surface area (Å²) in [5, 5.41) is 9.10. The number of hydrogen-bond donors (Lipinski definition) is 1. The molecule has 24 heavy (non-hydrogen) atoms. The molecule has 0 fully saturated rings. The maximum atomic E-state index is 9.10. The van der Waals surface area contributed by atoms with Gasteiger partial charge < -0.3 is 10.5 Å². The van der Waals surface area contributed by atoms with E-state index in [0.717, 1.165) is 36.1 Å². The molecular weight excluding hydrogens is 296 g/mol. The van der Waals surface area contributed by atoms with Crippen molar-refractivity contribution in [1.82, 2.24) is 0 Å². The third-order valence-electron chi connectivity index (χ3n) is 3.93. The van der Waals surface area contributed by atoms with E-state index >= 15 is 0 Å². The summed E-state index contributed by atoms with van der Waals surface area (Å²) in [4.78, 5) is 0. The summed E-state index contributed by atoms with van der Waals surface area (Å²) in [7, 11) is 0. The molecule has 2 N–H and O–H groups in total. The van der Waals surface area contributed by atoms with Crippen molar-refractivity contribution in [3.05, 3.63) is 65.2 Å². The van der Waals surface area contributed by atoms with Crippen molar-refractivity contribution >= 4 is 12.2 Å². The van der Waals surface area contributed by atoms with Crippen LogP contribution in [0.1, 0.15) is 42.9 Å². The highest BCUT2D eigenvalue weighted by Crippen LogP contribution is 2.16. The lowest BCUT2D eigenvalue weighted by atomic mass is 10.1. The predicted molar refractivity (Wildman–Crippen MR) is 99.5 cm³/mol. The fraction of sp³-hybridized carbons (Fsp3) is 0.286. The molecule has 2 aromatic carbocycles. The molecule has 2 aromatic rings. The Labute approximate surface area is 144 Å². The van der Waals surface area contributed by atoms with Crippen LogP contribution < -0.4 is 10.5 Å². The van der Waals surface area contributed by atoms with Gasteiger partial charge in [-0.25, -0.2) is 0 Å². The summed E-state index contributed by atoms with van der Waals surface area (Å²) in [6.45, 7) is 2.80. The maximum Gasteiger partial charge on any atom is 0.119 e. The van der Waals surface area contributed by atoms with E-state index in [1.165, 1.54) is 0 Å². The van der Waals surface area contributed by atoms with Gasteiger partial charge in [-0.15, -0.1) is 0 Å². The second kappa shape index (κ2) is 9.54. The fourth-order valence-electron chi connectivity index (χ4n) is 2.34.